The molecule has 1 heterocycles. The Bertz CT molecular complexity index is 889. The highest BCUT2D eigenvalue weighted by Gasteiger charge is 2.34. The van der Waals surface area contributed by atoms with E-state index in [1.54, 1.807) is 13.8 Å². The van der Waals surface area contributed by atoms with E-state index < -0.39 is 12.0 Å². The number of allylic oxidation sites excluding steroid dienone is 1. The van der Waals surface area contributed by atoms with Gasteiger partial charge in [0.2, 0.25) is 0 Å². The minimum Gasteiger partial charge on any atom is -0.493 e. The molecular formula is C20H22N2O4. The first-order valence-corrected chi connectivity index (χ1v) is 8.66. The SMILES string of the molecule is CCOC(=O)C1=C(C)NC(=O)N[C@H]1c1c(OCC)ccc2ccccc12. The summed E-state index contributed by atoms with van der Waals surface area (Å²) in [7, 11) is 0. The van der Waals surface area contributed by atoms with E-state index in [-0.39, 0.29) is 12.6 Å². The molecule has 2 N–H and O–H groups in total. The first kappa shape index (κ1) is 17.8. The first-order chi connectivity index (χ1) is 12.6. The van der Waals surface area contributed by atoms with Gasteiger partial charge in [-0.25, -0.2) is 9.59 Å². The first-order valence-electron chi connectivity index (χ1n) is 8.66. The quantitative estimate of drug-likeness (QED) is 0.807. The normalized spacial score (nSPS) is 16.9. The third-order valence-electron chi connectivity index (χ3n) is 4.28. The van der Waals surface area contributed by atoms with E-state index in [1.807, 2.05) is 43.3 Å². The highest BCUT2D eigenvalue weighted by molar-refractivity contribution is 5.98. The summed E-state index contributed by atoms with van der Waals surface area (Å²) in [6, 6.07) is 10.6. The maximum absolute atomic E-state index is 12.6. The molecule has 0 aliphatic carbocycles. The van der Waals surface area contributed by atoms with Crippen LogP contribution in [-0.2, 0) is 9.53 Å². The molecule has 0 fully saturated rings. The Labute approximate surface area is 152 Å². The lowest BCUT2D eigenvalue weighted by atomic mass is 9.90. The van der Waals surface area contributed by atoms with E-state index >= 15 is 0 Å². The summed E-state index contributed by atoms with van der Waals surface area (Å²) in [5.74, 6) is 0.172. The van der Waals surface area contributed by atoms with Crippen molar-refractivity contribution in [3.8, 4) is 5.75 Å². The zero-order valence-corrected chi connectivity index (χ0v) is 15.1. The number of fused-ring (bicyclic) bond motifs is 1. The molecular weight excluding hydrogens is 332 g/mol. The Balaban J connectivity index is 2.24. The molecule has 0 bridgehead atoms. The Morgan fingerprint density at radius 2 is 1.88 bits per heavy atom. The van der Waals surface area contributed by atoms with Crippen LogP contribution in [0.25, 0.3) is 10.8 Å². The monoisotopic (exact) mass is 354 g/mol. The second-order valence-electron chi connectivity index (χ2n) is 5.92. The molecule has 1 aliphatic heterocycles. The fraction of sp³-hybridized carbons (Fsp3) is 0.300. The maximum Gasteiger partial charge on any atom is 0.338 e. The minimum atomic E-state index is -0.657. The number of carbonyl (C=O) groups excluding carboxylic acids is 2. The molecule has 0 radical (unpaired) electrons. The predicted molar refractivity (Wildman–Crippen MR) is 98.9 cm³/mol. The van der Waals surface area contributed by atoms with Gasteiger partial charge in [-0.15, -0.1) is 0 Å². The lowest BCUT2D eigenvalue weighted by Crippen LogP contribution is -2.45. The van der Waals surface area contributed by atoms with Crippen molar-refractivity contribution in [3.05, 3.63) is 53.2 Å². The number of ether oxygens (including phenoxy) is 2. The predicted octanol–water partition coefficient (Wildman–Crippen LogP) is 3.43. The maximum atomic E-state index is 12.6. The van der Waals surface area contributed by atoms with Crippen LogP contribution in [0.3, 0.4) is 0 Å². The standard InChI is InChI=1S/C20H22N2O4/c1-4-25-15-11-10-13-8-6-7-9-14(13)17(15)18-16(19(23)26-5-2)12(3)21-20(24)22-18/h6-11,18H,4-5H2,1-3H3,(H2,21,22,24)/t18-/m1/s1. The molecule has 0 saturated carbocycles. The largest absolute Gasteiger partial charge is 0.493 e. The summed E-state index contributed by atoms with van der Waals surface area (Å²) < 4.78 is 11.0. The van der Waals surface area contributed by atoms with Crippen LogP contribution in [0.4, 0.5) is 4.79 Å². The summed E-state index contributed by atoms with van der Waals surface area (Å²) >= 11 is 0. The van der Waals surface area contributed by atoms with Gasteiger partial charge in [0.05, 0.1) is 24.8 Å². The molecule has 2 aromatic rings. The van der Waals surface area contributed by atoms with Gasteiger partial charge in [-0.1, -0.05) is 30.3 Å². The van der Waals surface area contributed by atoms with Gasteiger partial charge >= 0.3 is 12.0 Å². The average molecular weight is 354 g/mol. The Morgan fingerprint density at radius 3 is 2.62 bits per heavy atom. The molecule has 2 amide bonds. The molecule has 26 heavy (non-hydrogen) atoms. The highest BCUT2D eigenvalue weighted by Crippen LogP contribution is 2.38. The number of esters is 1. The number of amides is 2. The lowest BCUT2D eigenvalue weighted by Gasteiger charge is -2.30. The fourth-order valence-electron chi connectivity index (χ4n) is 3.24. The average Bonchev–Trinajstić information content (AvgIpc) is 2.61. The summed E-state index contributed by atoms with van der Waals surface area (Å²) in [6.45, 7) is 6.07. The van der Waals surface area contributed by atoms with Crippen LogP contribution in [0, 0.1) is 0 Å². The summed E-state index contributed by atoms with van der Waals surface area (Å²) in [4.78, 5) is 24.7. The van der Waals surface area contributed by atoms with Gasteiger partial charge < -0.3 is 20.1 Å². The molecule has 3 rings (SSSR count). The van der Waals surface area contributed by atoms with E-state index in [0.29, 0.717) is 23.6 Å². The highest BCUT2D eigenvalue weighted by atomic mass is 16.5. The molecule has 1 aliphatic rings. The molecule has 2 aromatic carbocycles. The van der Waals surface area contributed by atoms with E-state index in [1.165, 1.54) is 0 Å². The van der Waals surface area contributed by atoms with E-state index in [9.17, 15) is 9.59 Å². The number of urea groups is 1. The number of hydrogen-bond donors (Lipinski definition) is 2. The number of carbonyl (C=O) groups is 2. The van der Waals surface area contributed by atoms with Crippen LogP contribution < -0.4 is 15.4 Å². The number of hydrogen-bond acceptors (Lipinski definition) is 4. The summed E-state index contributed by atoms with van der Waals surface area (Å²) in [5, 5.41) is 7.43. The Kier molecular flexibility index (Phi) is 5.11. The number of nitrogens with one attached hydrogen (secondary N) is 2. The van der Waals surface area contributed by atoms with Crippen molar-refractivity contribution in [2.75, 3.05) is 13.2 Å². The van der Waals surface area contributed by atoms with Crippen molar-refractivity contribution < 1.29 is 19.1 Å². The van der Waals surface area contributed by atoms with Crippen LogP contribution in [0.15, 0.2) is 47.7 Å². The van der Waals surface area contributed by atoms with Gasteiger partial charge in [-0.2, -0.15) is 0 Å². The second-order valence-corrected chi connectivity index (χ2v) is 5.92. The van der Waals surface area contributed by atoms with Crippen LogP contribution in [0.5, 0.6) is 5.75 Å². The molecule has 6 nitrogen and oxygen atoms in total. The van der Waals surface area contributed by atoms with Crippen LogP contribution in [0.1, 0.15) is 32.4 Å². The number of benzene rings is 2. The molecule has 0 spiro atoms. The van der Waals surface area contributed by atoms with Crippen molar-refractivity contribution in [1.29, 1.82) is 0 Å². The molecule has 6 heteroatoms. The van der Waals surface area contributed by atoms with Gasteiger partial charge in [0.15, 0.2) is 0 Å². The molecule has 0 aromatic heterocycles. The van der Waals surface area contributed by atoms with Gasteiger partial charge in [-0.3, -0.25) is 0 Å². The van der Waals surface area contributed by atoms with Gasteiger partial charge in [0, 0.05) is 11.3 Å². The molecule has 136 valence electrons. The van der Waals surface area contributed by atoms with Crippen molar-refractivity contribution in [2.45, 2.75) is 26.8 Å². The van der Waals surface area contributed by atoms with Crippen LogP contribution >= 0.6 is 0 Å². The van der Waals surface area contributed by atoms with Crippen LogP contribution in [-0.4, -0.2) is 25.2 Å². The molecule has 1 atom stereocenters. The van der Waals surface area contributed by atoms with Gasteiger partial charge in [0.1, 0.15) is 5.75 Å². The van der Waals surface area contributed by atoms with Crippen molar-refractivity contribution >= 4 is 22.8 Å². The smallest absolute Gasteiger partial charge is 0.338 e. The molecule has 0 unspecified atom stereocenters. The lowest BCUT2D eigenvalue weighted by molar-refractivity contribution is -0.139. The van der Waals surface area contributed by atoms with Crippen molar-refractivity contribution in [2.24, 2.45) is 0 Å². The molecule has 0 saturated heterocycles. The van der Waals surface area contributed by atoms with Crippen molar-refractivity contribution in [1.82, 2.24) is 10.6 Å². The minimum absolute atomic E-state index is 0.254. The Hall–Kier alpha value is -3.02. The topological polar surface area (TPSA) is 76.7 Å². The van der Waals surface area contributed by atoms with Crippen LogP contribution in [0.2, 0.25) is 0 Å². The van der Waals surface area contributed by atoms with Gasteiger partial charge in [-0.05, 0) is 37.6 Å². The van der Waals surface area contributed by atoms with Gasteiger partial charge in [0.25, 0.3) is 0 Å². The summed E-state index contributed by atoms with van der Waals surface area (Å²) in [5.41, 5.74) is 1.61. The number of rotatable bonds is 5. The van der Waals surface area contributed by atoms with Crippen molar-refractivity contribution in [3.63, 3.8) is 0 Å². The summed E-state index contributed by atoms with van der Waals surface area (Å²) in [6.07, 6.45) is 0. The third-order valence-corrected chi connectivity index (χ3v) is 4.28. The second kappa shape index (κ2) is 7.47. The fourth-order valence-corrected chi connectivity index (χ4v) is 3.24. The van der Waals surface area contributed by atoms with E-state index in [0.717, 1.165) is 16.3 Å². The third kappa shape index (κ3) is 3.22. The zero-order valence-electron chi connectivity index (χ0n) is 15.1. The Morgan fingerprint density at radius 1 is 1.12 bits per heavy atom. The zero-order chi connectivity index (χ0) is 18.7. The van der Waals surface area contributed by atoms with E-state index in [2.05, 4.69) is 10.6 Å². The van der Waals surface area contributed by atoms with E-state index in [4.69, 9.17) is 9.47 Å².